The van der Waals surface area contributed by atoms with Gasteiger partial charge in [0, 0.05) is 6.20 Å². The Morgan fingerprint density at radius 3 is 2.87 bits per heavy atom. The maximum Gasteiger partial charge on any atom is 0.352 e. The van der Waals surface area contributed by atoms with Gasteiger partial charge < -0.3 is 30.5 Å². The first-order chi connectivity index (χ1) is 11.0. The summed E-state index contributed by atoms with van der Waals surface area (Å²) >= 11 is 0. The Morgan fingerprint density at radius 2 is 2.30 bits per heavy atom. The molecule has 126 valence electrons. The van der Waals surface area contributed by atoms with E-state index < -0.39 is 36.3 Å². The molecule has 0 aromatic carbocycles. The molecule has 1 aliphatic heterocycles. The lowest BCUT2D eigenvalue weighted by molar-refractivity contribution is -0.184. The standard InChI is InChI=1S/C13H18N4O6/c14-3-1-5-22-7-13(11(20)10(19)8(6-18)23-13)17-4-2-9(15)16-12(17)21/h2,4,8,10-11,18-20H,1,5-7H2,(H2,15,16,21)/t8-,10-,11-,13-/m1/s1. The van der Waals surface area contributed by atoms with Crippen molar-refractivity contribution in [1.29, 1.82) is 5.26 Å². The summed E-state index contributed by atoms with van der Waals surface area (Å²) in [5.41, 5.74) is 2.86. The van der Waals surface area contributed by atoms with Crippen LogP contribution in [-0.4, -0.2) is 63.0 Å². The van der Waals surface area contributed by atoms with E-state index in [1.165, 1.54) is 12.3 Å². The Hall–Kier alpha value is -2.03. The maximum absolute atomic E-state index is 12.1. The van der Waals surface area contributed by atoms with Crippen LogP contribution in [0.5, 0.6) is 0 Å². The van der Waals surface area contributed by atoms with E-state index in [1.54, 1.807) is 0 Å². The molecule has 0 radical (unpaired) electrons. The number of hydrogen-bond donors (Lipinski definition) is 4. The van der Waals surface area contributed by atoms with Crippen molar-refractivity contribution in [2.45, 2.75) is 30.5 Å². The highest BCUT2D eigenvalue weighted by Gasteiger charge is 2.56. The lowest BCUT2D eigenvalue weighted by Crippen LogP contribution is -2.53. The van der Waals surface area contributed by atoms with Gasteiger partial charge in [0.15, 0.2) is 0 Å². The van der Waals surface area contributed by atoms with Gasteiger partial charge in [-0.1, -0.05) is 0 Å². The van der Waals surface area contributed by atoms with Gasteiger partial charge in [0.1, 0.15) is 24.1 Å². The summed E-state index contributed by atoms with van der Waals surface area (Å²) in [6.07, 6.45) is -2.72. The molecule has 2 heterocycles. The van der Waals surface area contributed by atoms with E-state index in [9.17, 15) is 20.1 Å². The van der Waals surface area contributed by atoms with Crippen LogP contribution in [0.25, 0.3) is 0 Å². The summed E-state index contributed by atoms with van der Waals surface area (Å²) in [5.74, 6) is -0.0152. The lowest BCUT2D eigenvalue weighted by atomic mass is 10.0. The second-order valence-electron chi connectivity index (χ2n) is 5.08. The number of hydrogen-bond acceptors (Lipinski definition) is 9. The molecule has 4 atom stereocenters. The van der Waals surface area contributed by atoms with Crippen molar-refractivity contribution in [3.8, 4) is 6.07 Å². The molecule has 23 heavy (non-hydrogen) atoms. The molecular formula is C13H18N4O6. The Bertz CT molecular complexity index is 644. The third kappa shape index (κ3) is 3.19. The molecule has 5 N–H and O–H groups in total. The van der Waals surface area contributed by atoms with E-state index in [4.69, 9.17) is 20.5 Å². The number of aromatic nitrogens is 2. The van der Waals surface area contributed by atoms with Crippen molar-refractivity contribution in [2.75, 3.05) is 25.6 Å². The van der Waals surface area contributed by atoms with Gasteiger partial charge in [-0.3, -0.25) is 4.57 Å². The third-order valence-corrected chi connectivity index (χ3v) is 3.60. The number of nitrogens with zero attached hydrogens (tertiary/aromatic N) is 3. The Labute approximate surface area is 131 Å². The van der Waals surface area contributed by atoms with Gasteiger partial charge >= 0.3 is 5.69 Å². The highest BCUT2D eigenvalue weighted by Crippen LogP contribution is 2.35. The zero-order valence-corrected chi connectivity index (χ0v) is 12.2. The number of rotatable bonds is 6. The monoisotopic (exact) mass is 326 g/mol. The highest BCUT2D eigenvalue weighted by atomic mass is 16.6. The van der Waals surface area contributed by atoms with E-state index >= 15 is 0 Å². The zero-order valence-electron chi connectivity index (χ0n) is 12.2. The molecule has 1 aromatic rings. The van der Waals surface area contributed by atoms with Crippen LogP contribution in [0.1, 0.15) is 6.42 Å². The van der Waals surface area contributed by atoms with Crippen LogP contribution in [0.15, 0.2) is 17.1 Å². The fraction of sp³-hybridized carbons (Fsp3) is 0.615. The van der Waals surface area contributed by atoms with Crippen LogP contribution in [0.3, 0.4) is 0 Å². The first-order valence-electron chi connectivity index (χ1n) is 6.91. The summed E-state index contributed by atoms with van der Waals surface area (Å²) < 4.78 is 11.8. The molecule has 1 saturated heterocycles. The van der Waals surface area contributed by atoms with Crippen molar-refractivity contribution >= 4 is 5.82 Å². The number of nitrogen functional groups attached to an aromatic ring is 1. The normalized spacial score (nSPS) is 30.3. The highest BCUT2D eigenvalue weighted by molar-refractivity contribution is 5.24. The van der Waals surface area contributed by atoms with Gasteiger partial charge in [-0.25, -0.2) is 4.79 Å². The molecule has 0 aliphatic carbocycles. The second-order valence-corrected chi connectivity index (χ2v) is 5.08. The van der Waals surface area contributed by atoms with E-state index in [0.717, 1.165) is 4.57 Å². The molecule has 0 unspecified atom stereocenters. The average molecular weight is 326 g/mol. The largest absolute Gasteiger partial charge is 0.394 e. The van der Waals surface area contributed by atoms with E-state index in [0.29, 0.717) is 0 Å². The Balaban J connectivity index is 2.39. The Kier molecular flexibility index (Phi) is 5.30. The third-order valence-electron chi connectivity index (χ3n) is 3.60. The smallest absolute Gasteiger partial charge is 0.352 e. The van der Waals surface area contributed by atoms with Crippen molar-refractivity contribution in [1.82, 2.24) is 9.55 Å². The fourth-order valence-electron chi connectivity index (χ4n) is 2.45. The van der Waals surface area contributed by atoms with Gasteiger partial charge in [-0.15, -0.1) is 0 Å². The van der Waals surface area contributed by atoms with Gasteiger partial charge in [0.05, 0.1) is 32.3 Å². The number of ether oxygens (including phenoxy) is 2. The van der Waals surface area contributed by atoms with Crippen LogP contribution in [0.4, 0.5) is 5.82 Å². The number of aliphatic hydroxyl groups excluding tert-OH is 3. The van der Waals surface area contributed by atoms with Crippen LogP contribution < -0.4 is 11.4 Å². The molecule has 1 aliphatic rings. The topological polar surface area (TPSA) is 164 Å². The predicted octanol–water partition coefficient (Wildman–Crippen LogP) is -2.48. The number of nitriles is 1. The van der Waals surface area contributed by atoms with Crippen LogP contribution in [0, 0.1) is 11.3 Å². The van der Waals surface area contributed by atoms with Gasteiger partial charge in [0.2, 0.25) is 5.72 Å². The van der Waals surface area contributed by atoms with E-state index in [1.807, 2.05) is 6.07 Å². The summed E-state index contributed by atoms with van der Waals surface area (Å²) in [4.78, 5) is 15.7. The van der Waals surface area contributed by atoms with Crippen molar-refractivity contribution in [3.05, 3.63) is 22.7 Å². The van der Waals surface area contributed by atoms with E-state index in [-0.39, 0.29) is 25.5 Å². The lowest BCUT2D eigenvalue weighted by Gasteiger charge is -2.33. The number of anilines is 1. The molecule has 1 fully saturated rings. The predicted molar refractivity (Wildman–Crippen MR) is 75.9 cm³/mol. The molecule has 0 amide bonds. The molecule has 2 rings (SSSR count). The van der Waals surface area contributed by atoms with E-state index in [2.05, 4.69) is 4.98 Å². The minimum absolute atomic E-state index is 0.0152. The average Bonchev–Trinajstić information content (AvgIpc) is 2.77. The maximum atomic E-state index is 12.1. The summed E-state index contributed by atoms with van der Waals surface area (Å²) in [7, 11) is 0. The molecule has 0 spiro atoms. The van der Waals surface area contributed by atoms with Crippen LogP contribution >= 0.6 is 0 Å². The second kappa shape index (κ2) is 7.03. The summed E-state index contributed by atoms with van der Waals surface area (Å²) in [6.45, 7) is -0.838. The molecular weight excluding hydrogens is 308 g/mol. The van der Waals surface area contributed by atoms with Crippen molar-refractivity contribution in [3.63, 3.8) is 0 Å². The number of nitrogens with two attached hydrogens (primary N) is 1. The van der Waals surface area contributed by atoms with Crippen molar-refractivity contribution < 1.29 is 24.8 Å². The van der Waals surface area contributed by atoms with Crippen LogP contribution in [-0.2, 0) is 15.2 Å². The molecule has 1 aromatic heterocycles. The van der Waals surface area contributed by atoms with Gasteiger partial charge in [-0.2, -0.15) is 10.2 Å². The zero-order chi connectivity index (χ0) is 17.0. The first-order valence-corrected chi connectivity index (χ1v) is 6.91. The first kappa shape index (κ1) is 17.3. The molecule has 10 nitrogen and oxygen atoms in total. The molecule has 0 bridgehead atoms. The van der Waals surface area contributed by atoms with Crippen LogP contribution in [0.2, 0.25) is 0 Å². The Morgan fingerprint density at radius 1 is 1.57 bits per heavy atom. The molecule has 0 saturated carbocycles. The van der Waals surface area contributed by atoms with Gasteiger partial charge in [-0.05, 0) is 6.07 Å². The minimum atomic E-state index is -1.78. The van der Waals surface area contributed by atoms with Gasteiger partial charge in [0.25, 0.3) is 0 Å². The van der Waals surface area contributed by atoms with Crippen molar-refractivity contribution in [2.24, 2.45) is 0 Å². The minimum Gasteiger partial charge on any atom is -0.394 e. The fourth-order valence-corrected chi connectivity index (χ4v) is 2.45. The SMILES string of the molecule is N#CCCOC[C@@]1(n2ccc(N)nc2=O)O[C@H](CO)[C@@H](O)[C@H]1O. The summed E-state index contributed by atoms with van der Waals surface area (Å²) in [5, 5.41) is 38.1. The quantitative estimate of drug-likeness (QED) is 0.414. The summed E-state index contributed by atoms with van der Waals surface area (Å²) in [6, 6.07) is 3.22. The molecule has 10 heteroatoms. The number of aliphatic hydroxyl groups is 3.